The lowest BCUT2D eigenvalue weighted by Gasteiger charge is -2.38. The molecule has 1 N–H and O–H groups in total. The minimum absolute atomic E-state index is 0.0306. The molecule has 2 aromatic carbocycles. The molecule has 150 valence electrons. The molecule has 1 atom stereocenters. The van der Waals surface area contributed by atoms with Crippen molar-refractivity contribution in [3.63, 3.8) is 0 Å². The molecule has 1 amide bonds. The number of nitrogens with zero attached hydrogens (tertiary/aromatic N) is 1. The van der Waals surface area contributed by atoms with Gasteiger partial charge in [-0.05, 0) is 47.4 Å². The van der Waals surface area contributed by atoms with Crippen LogP contribution in [0.3, 0.4) is 0 Å². The van der Waals surface area contributed by atoms with Crippen LogP contribution < -0.4 is 19.5 Å². The van der Waals surface area contributed by atoms with E-state index >= 15 is 0 Å². The van der Waals surface area contributed by atoms with E-state index < -0.39 is 0 Å². The van der Waals surface area contributed by atoms with Crippen LogP contribution in [-0.2, 0) is 17.8 Å². The highest BCUT2D eigenvalue weighted by Crippen LogP contribution is 2.38. The number of carbonyl (C=O) groups excluding carboxylic acids is 1. The zero-order valence-electron chi connectivity index (χ0n) is 17.0. The molecule has 1 aliphatic heterocycles. The minimum Gasteiger partial charge on any atom is -0.497 e. The average Bonchev–Trinajstić information content (AvgIpc) is 2.72. The van der Waals surface area contributed by atoms with E-state index in [4.69, 9.17) is 14.2 Å². The number of fused-ring (bicyclic) bond motifs is 1. The molecule has 1 heterocycles. The fourth-order valence-corrected chi connectivity index (χ4v) is 3.71. The summed E-state index contributed by atoms with van der Waals surface area (Å²) in [6.07, 6.45) is 0.919. The molecule has 0 saturated heterocycles. The topological polar surface area (TPSA) is 60.0 Å². The first kappa shape index (κ1) is 20.0. The van der Waals surface area contributed by atoms with E-state index in [-0.39, 0.29) is 11.9 Å². The predicted molar refractivity (Wildman–Crippen MR) is 108 cm³/mol. The molecule has 0 aromatic heterocycles. The summed E-state index contributed by atoms with van der Waals surface area (Å²) in [7, 11) is 4.96. The number of ether oxygens (including phenoxy) is 3. The molecule has 0 fully saturated rings. The van der Waals surface area contributed by atoms with E-state index in [1.165, 1.54) is 16.7 Å². The molecule has 28 heavy (non-hydrogen) atoms. The molecule has 0 bridgehead atoms. The van der Waals surface area contributed by atoms with Gasteiger partial charge in [0.1, 0.15) is 5.75 Å². The highest BCUT2D eigenvalue weighted by Gasteiger charge is 2.29. The van der Waals surface area contributed by atoms with Crippen LogP contribution in [0.5, 0.6) is 17.2 Å². The van der Waals surface area contributed by atoms with Crippen LogP contribution in [0.4, 0.5) is 0 Å². The van der Waals surface area contributed by atoms with Gasteiger partial charge in [-0.15, -0.1) is 0 Å². The number of nitrogens with one attached hydrogen (secondary N) is 1. The molecule has 1 unspecified atom stereocenters. The second kappa shape index (κ2) is 8.97. The molecule has 0 spiro atoms. The summed E-state index contributed by atoms with van der Waals surface area (Å²) < 4.78 is 16.2. The van der Waals surface area contributed by atoms with Crippen LogP contribution in [0.2, 0.25) is 0 Å². The smallest absolute Gasteiger partial charge is 0.216 e. The third-order valence-corrected chi connectivity index (χ3v) is 5.20. The first-order valence-electron chi connectivity index (χ1n) is 9.42. The normalized spacial score (nSPS) is 16.2. The number of methoxy groups -OCH3 is 3. The quantitative estimate of drug-likeness (QED) is 0.795. The Morgan fingerprint density at radius 3 is 2.36 bits per heavy atom. The van der Waals surface area contributed by atoms with E-state index in [0.29, 0.717) is 12.3 Å². The second-order valence-electron chi connectivity index (χ2n) is 6.93. The van der Waals surface area contributed by atoms with Gasteiger partial charge in [0.15, 0.2) is 11.5 Å². The van der Waals surface area contributed by atoms with Crippen molar-refractivity contribution in [1.82, 2.24) is 10.2 Å². The summed E-state index contributed by atoms with van der Waals surface area (Å²) in [5.74, 6) is 2.26. The first-order valence-corrected chi connectivity index (χ1v) is 9.42. The van der Waals surface area contributed by atoms with Crippen molar-refractivity contribution in [2.45, 2.75) is 25.9 Å². The Kier molecular flexibility index (Phi) is 6.41. The SMILES string of the molecule is COc1ccc(CN2CCc3cc(OC)c(OC)cc3C2CNC(C)=O)cc1. The third kappa shape index (κ3) is 4.39. The summed E-state index contributed by atoms with van der Waals surface area (Å²) >= 11 is 0. The van der Waals surface area contributed by atoms with Crippen molar-refractivity contribution in [3.05, 3.63) is 53.1 Å². The van der Waals surface area contributed by atoms with E-state index in [2.05, 4.69) is 28.4 Å². The maximum absolute atomic E-state index is 11.6. The highest BCUT2D eigenvalue weighted by molar-refractivity contribution is 5.72. The number of hydrogen-bond acceptors (Lipinski definition) is 5. The molecule has 1 aliphatic rings. The Hall–Kier alpha value is -2.73. The Balaban J connectivity index is 1.90. The van der Waals surface area contributed by atoms with Crippen molar-refractivity contribution in [3.8, 4) is 17.2 Å². The molecular formula is C22H28N2O4. The van der Waals surface area contributed by atoms with Crippen LogP contribution in [0.15, 0.2) is 36.4 Å². The lowest BCUT2D eigenvalue weighted by molar-refractivity contribution is -0.119. The molecule has 0 radical (unpaired) electrons. The Morgan fingerprint density at radius 2 is 1.75 bits per heavy atom. The fourth-order valence-electron chi connectivity index (χ4n) is 3.71. The zero-order valence-corrected chi connectivity index (χ0v) is 17.0. The molecular weight excluding hydrogens is 356 g/mol. The lowest BCUT2D eigenvalue weighted by atomic mass is 9.91. The highest BCUT2D eigenvalue weighted by atomic mass is 16.5. The van der Waals surface area contributed by atoms with Crippen molar-refractivity contribution >= 4 is 5.91 Å². The minimum atomic E-state index is -0.0306. The van der Waals surface area contributed by atoms with Crippen molar-refractivity contribution in [2.24, 2.45) is 0 Å². The largest absolute Gasteiger partial charge is 0.497 e. The summed E-state index contributed by atoms with van der Waals surface area (Å²) in [5, 5.41) is 2.98. The summed E-state index contributed by atoms with van der Waals surface area (Å²) in [6.45, 7) is 3.79. The van der Waals surface area contributed by atoms with Gasteiger partial charge in [0.05, 0.1) is 27.4 Å². The van der Waals surface area contributed by atoms with Crippen LogP contribution in [0.1, 0.15) is 29.7 Å². The van der Waals surface area contributed by atoms with Gasteiger partial charge in [0, 0.05) is 26.6 Å². The fraction of sp³-hybridized carbons (Fsp3) is 0.409. The maximum Gasteiger partial charge on any atom is 0.216 e. The van der Waals surface area contributed by atoms with E-state index in [0.717, 1.165) is 31.0 Å². The van der Waals surface area contributed by atoms with Gasteiger partial charge in [-0.2, -0.15) is 0 Å². The molecule has 0 saturated carbocycles. The monoisotopic (exact) mass is 384 g/mol. The lowest BCUT2D eigenvalue weighted by Crippen LogP contribution is -2.41. The number of rotatable bonds is 7. The number of hydrogen-bond donors (Lipinski definition) is 1. The Morgan fingerprint density at radius 1 is 1.07 bits per heavy atom. The second-order valence-corrected chi connectivity index (χ2v) is 6.93. The van der Waals surface area contributed by atoms with Crippen molar-refractivity contribution in [2.75, 3.05) is 34.4 Å². The van der Waals surface area contributed by atoms with Crippen LogP contribution in [0, 0.1) is 0 Å². The maximum atomic E-state index is 11.6. The molecule has 6 heteroatoms. The van der Waals surface area contributed by atoms with Crippen LogP contribution in [0.25, 0.3) is 0 Å². The van der Waals surface area contributed by atoms with Crippen molar-refractivity contribution < 1.29 is 19.0 Å². The van der Waals surface area contributed by atoms with E-state index in [9.17, 15) is 4.79 Å². The van der Waals surface area contributed by atoms with Gasteiger partial charge >= 0.3 is 0 Å². The first-order chi connectivity index (χ1) is 13.5. The van der Waals surface area contributed by atoms with Crippen LogP contribution in [-0.4, -0.2) is 45.2 Å². The summed E-state index contributed by atoms with van der Waals surface area (Å²) in [4.78, 5) is 14.0. The molecule has 6 nitrogen and oxygen atoms in total. The van der Waals surface area contributed by atoms with Gasteiger partial charge in [-0.1, -0.05) is 12.1 Å². The molecule has 2 aromatic rings. The molecule has 3 rings (SSSR count). The van der Waals surface area contributed by atoms with Gasteiger partial charge in [-0.3, -0.25) is 9.69 Å². The Labute approximate surface area is 166 Å². The number of amides is 1. The van der Waals surface area contributed by atoms with Crippen molar-refractivity contribution in [1.29, 1.82) is 0 Å². The van der Waals surface area contributed by atoms with Gasteiger partial charge in [-0.25, -0.2) is 0 Å². The Bertz CT molecular complexity index is 820. The zero-order chi connectivity index (χ0) is 20.1. The van der Waals surface area contributed by atoms with Gasteiger partial charge in [0.2, 0.25) is 5.91 Å². The summed E-state index contributed by atoms with van der Waals surface area (Å²) in [6, 6.07) is 12.3. The number of carbonyl (C=O) groups is 1. The molecule has 0 aliphatic carbocycles. The predicted octanol–water partition coefficient (Wildman–Crippen LogP) is 2.95. The standard InChI is InChI=1S/C22H28N2O4/c1-15(25)23-13-20-19-12-22(28-4)21(27-3)11-17(19)9-10-24(20)14-16-5-7-18(26-2)8-6-16/h5-8,11-12,20H,9-10,13-14H2,1-4H3,(H,23,25). The van der Waals surface area contributed by atoms with E-state index in [1.807, 2.05) is 18.2 Å². The number of benzene rings is 2. The average molecular weight is 384 g/mol. The van der Waals surface area contributed by atoms with Gasteiger partial charge in [0.25, 0.3) is 0 Å². The third-order valence-electron chi connectivity index (χ3n) is 5.20. The van der Waals surface area contributed by atoms with Gasteiger partial charge < -0.3 is 19.5 Å². The van der Waals surface area contributed by atoms with E-state index in [1.54, 1.807) is 28.3 Å². The van der Waals surface area contributed by atoms with Crippen LogP contribution >= 0.6 is 0 Å². The summed E-state index contributed by atoms with van der Waals surface area (Å²) in [5.41, 5.74) is 3.61.